The van der Waals surface area contributed by atoms with Gasteiger partial charge in [0.05, 0.1) is 5.92 Å². The Morgan fingerprint density at radius 3 is 2.52 bits per heavy atom. The third-order valence-corrected chi connectivity index (χ3v) is 8.95. The molecule has 2 saturated heterocycles. The number of likely N-dealkylation sites (tertiary alicyclic amines) is 2. The van der Waals surface area contributed by atoms with Gasteiger partial charge in [0.25, 0.3) is 0 Å². The highest BCUT2D eigenvalue weighted by Crippen LogP contribution is 2.43. The van der Waals surface area contributed by atoms with Gasteiger partial charge >= 0.3 is 0 Å². The smallest absolute Gasteiger partial charge is 0.232 e. The van der Waals surface area contributed by atoms with Crippen LogP contribution in [0.25, 0.3) is 6.08 Å². The lowest BCUT2D eigenvalue weighted by molar-refractivity contribution is -0.128. The molecule has 1 aromatic heterocycles. The van der Waals surface area contributed by atoms with Crippen LogP contribution in [0.5, 0.6) is 0 Å². The molecule has 1 aliphatic carbocycles. The molecule has 0 saturated carbocycles. The van der Waals surface area contributed by atoms with Crippen LogP contribution < -0.4 is 4.90 Å². The van der Waals surface area contributed by atoms with Crippen molar-refractivity contribution in [1.82, 2.24) is 14.8 Å². The van der Waals surface area contributed by atoms with Crippen LogP contribution in [0.3, 0.4) is 0 Å². The Balaban J connectivity index is 1.04. The number of amides is 2. The second-order valence-corrected chi connectivity index (χ2v) is 11.4. The molecule has 2 aliphatic heterocycles. The number of carbonyl (C=O) groups is 2. The molecule has 1 unspecified atom stereocenters. The Labute approximate surface area is 237 Å². The highest BCUT2D eigenvalue weighted by molar-refractivity contribution is 5.99. The molecule has 3 heterocycles. The van der Waals surface area contributed by atoms with Crippen LogP contribution in [0.4, 0.5) is 5.69 Å². The normalized spacial score (nSPS) is 19.8. The minimum absolute atomic E-state index is 0.0604. The van der Waals surface area contributed by atoms with Gasteiger partial charge in [-0.1, -0.05) is 60.7 Å². The number of pyridine rings is 1. The molecule has 6 nitrogen and oxygen atoms in total. The van der Waals surface area contributed by atoms with Gasteiger partial charge in [-0.3, -0.25) is 14.6 Å². The van der Waals surface area contributed by atoms with Gasteiger partial charge in [0.2, 0.25) is 11.8 Å². The fourth-order valence-electron chi connectivity index (χ4n) is 6.64. The standard InChI is InChI=1S/C34H38N4O2/c39-32-25-28(26-37(32)22-15-29-10-6-7-19-35-29)33(40)38(30-11-2-1-3-12-30)21-8-20-36-23-17-34(18-24-36)16-14-27-9-4-5-13-31(27)34/h1-7,9-14,16,19,28H,8,15,17-18,20-26H2. The third-order valence-electron chi connectivity index (χ3n) is 8.95. The van der Waals surface area contributed by atoms with Crippen molar-refractivity contribution in [3.63, 3.8) is 0 Å². The summed E-state index contributed by atoms with van der Waals surface area (Å²) in [5.41, 5.74) is 4.92. The summed E-state index contributed by atoms with van der Waals surface area (Å²) in [6, 6.07) is 24.6. The lowest BCUT2D eigenvalue weighted by Gasteiger charge is -2.39. The topological polar surface area (TPSA) is 56.8 Å². The molecule has 0 bridgehead atoms. The summed E-state index contributed by atoms with van der Waals surface area (Å²) in [5.74, 6) is -0.183. The number of carbonyl (C=O) groups excluding carboxylic acids is 2. The van der Waals surface area contributed by atoms with Gasteiger partial charge in [-0.2, -0.15) is 0 Å². The van der Waals surface area contributed by atoms with E-state index in [-0.39, 0.29) is 29.6 Å². The first-order valence-corrected chi connectivity index (χ1v) is 14.7. The first kappa shape index (κ1) is 26.5. The summed E-state index contributed by atoms with van der Waals surface area (Å²) in [6.45, 7) is 4.85. The number of hydrogen-bond donors (Lipinski definition) is 0. The fraction of sp³-hybridized carbons (Fsp3) is 0.382. The van der Waals surface area contributed by atoms with E-state index in [1.54, 1.807) is 6.20 Å². The maximum absolute atomic E-state index is 13.8. The molecule has 6 rings (SSSR count). The maximum atomic E-state index is 13.8. The summed E-state index contributed by atoms with van der Waals surface area (Å²) in [6.07, 6.45) is 10.7. The van der Waals surface area contributed by atoms with E-state index in [0.717, 1.165) is 50.3 Å². The summed E-state index contributed by atoms with van der Waals surface area (Å²) >= 11 is 0. The van der Waals surface area contributed by atoms with E-state index in [0.29, 0.717) is 26.1 Å². The molecule has 206 valence electrons. The average Bonchev–Trinajstić information content (AvgIpc) is 3.56. The van der Waals surface area contributed by atoms with Gasteiger partial charge < -0.3 is 14.7 Å². The van der Waals surface area contributed by atoms with Crippen molar-refractivity contribution in [3.8, 4) is 0 Å². The number of anilines is 1. The van der Waals surface area contributed by atoms with Crippen LogP contribution in [-0.4, -0.2) is 65.9 Å². The summed E-state index contributed by atoms with van der Waals surface area (Å²) in [5, 5.41) is 0. The van der Waals surface area contributed by atoms with Gasteiger partial charge in [0.1, 0.15) is 0 Å². The predicted molar refractivity (Wildman–Crippen MR) is 159 cm³/mol. The third kappa shape index (κ3) is 5.59. The molecule has 1 spiro atoms. The van der Waals surface area contributed by atoms with Crippen LogP contribution in [0.15, 0.2) is 85.1 Å². The minimum Gasteiger partial charge on any atom is -0.341 e. The number of allylic oxidation sites excluding steroid dienone is 1. The predicted octanol–water partition coefficient (Wildman–Crippen LogP) is 4.96. The summed E-state index contributed by atoms with van der Waals surface area (Å²) < 4.78 is 0. The quantitative estimate of drug-likeness (QED) is 0.390. The molecule has 2 aromatic carbocycles. The Morgan fingerprint density at radius 1 is 0.950 bits per heavy atom. The Kier molecular flexibility index (Phi) is 7.78. The van der Waals surface area contributed by atoms with Crippen LogP contribution in [0.1, 0.15) is 42.5 Å². The molecule has 3 aliphatic rings. The zero-order chi connectivity index (χ0) is 27.4. The van der Waals surface area contributed by atoms with Crippen molar-refractivity contribution in [2.24, 2.45) is 5.92 Å². The van der Waals surface area contributed by atoms with Crippen molar-refractivity contribution in [2.45, 2.75) is 37.5 Å². The SMILES string of the molecule is O=C1CC(C(=O)N(CCCN2CCC3(C=Cc4ccccc43)CC2)c2ccccc2)CN1CCc1ccccn1. The molecule has 3 aromatic rings. The molecule has 0 radical (unpaired) electrons. The average molecular weight is 535 g/mol. The Morgan fingerprint density at radius 2 is 1.73 bits per heavy atom. The number of nitrogens with zero attached hydrogens (tertiary/aromatic N) is 4. The first-order valence-electron chi connectivity index (χ1n) is 14.7. The Hall–Kier alpha value is -3.77. The second-order valence-electron chi connectivity index (χ2n) is 11.4. The number of rotatable bonds is 9. The van der Waals surface area contributed by atoms with Crippen LogP contribution in [0.2, 0.25) is 0 Å². The monoisotopic (exact) mass is 534 g/mol. The first-order chi connectivity index (χ1) is 19.6. The van der Waals surface area contributed by atoms with E-state index in [9.17, 15) is 9.59 Å². The number of fused-ring (bicyclic) bond motifs is 2. The van der Waals surface area contributed by atoms with Crippen LogP contribution in [-0.2, 0) is 21.4 Å². The zero-order valence-corrected chi connectivity index (χ0v) is 23.1. The summed E-state index contributed by atoms with van der Waals surface area (Å²) in [4.78, 5) is 37.3. The molecule has 6 heteroatoms. The second kappa shape index (κ2) is 11.8. The van der Waals surface area contributed by atoms with Crippen molar-refractivity contribution in [3.05, 3.63) is 102 Å². The number of piperidine rings is 1. The number of benzene rings is 2. The maximum Gasteiger partial charge on any atom is 0.232 e. The van der Waals surface area contributed by atoms with Crippen molar-refractivity contribution in [2.75, 3.05) is 44.2 Å². The van der Waals surface area contributed by atoms with Gasteiger partial charge in [0, 0.05) is 55.5 Å². The van der Waals surface area contributed by atoms with Gasteiger partial charge in [-0.05, 0) is 74.3 Å². The van der Waals surface area contributed by atoms with E-state index < -0.39 is 0 Å². The van der Waals surface area contributed by atoms with Gasteiger partial charge in [-0.15, -0.1) is 0 Å². The molecule has 2 fully saturated rings. The van der Waals surface area contributed by atoms with E-state index in [2.05, 4.69) is 46.3 Å². The zero-order valence-electron chi connectivity index (χ0n) is 23.1. The molecular formula is C34H38N4O2. The van der Waals surface area contributed by atoms with Crippen LogP contribution >= 0.6 is 0 Å². The molecular weight excluding hydrogens is 496 g/mol. The molecule has 1 atom stereocenters. The lowest BCUT2D eigenvalue weighted by Crippen LogP contribution is -2.43. The largest absolute Gasteiger partial charge is 0.341 e. The highest BCUT2D eigenvalue weighted by Gasteiger charge is 2.38. The van der Waals surface area contributed by atoms with E-state index in [1.165, 1.54) is 11.1 Å². The van der Waals surface area contributed by atoms with Gasteiger partial charge in [-0.25, -0.2) is 0 Å². The number of para-hydroxylation sites is 1. The van der Waals surface area contributed by atoms with E-state index in [1.807, 2.05) is 58.3 Å². The van der Waals surface area contributed by atoms with E-state index >= 15 is 0 Å². The minimum atomic E-state index is -0.305. The van der Waals surface area contributed by atoms with Crippen molar-refractivity contribution < 1.29 is 9.59 Å². The lowest BCUT2D eigenvalue weighted by atomic mass is 9.74. The molecule has 40 heavy (non-hydrogen) atoms. The molecule has 2 amide bonds. The van der Waals surface area contributed by atoms with E-state index in [4.69, 9.17) is 0 Å². The highest BCUT2D eigenvalue weighted by atomic mass is 16.2. The van der Waals surface area contributed by atoms with Crippen molar-refractivity contribution in [1.29, 1.82) is 0 Å². The Bertz CT molecular complexity index is 1350. The number of hydrogen-bond acceptors (Lipinski definition) is 4. The van der Waals surface area contributed by atoms with Crippen LogP contribution in [0, 0.1) is 5.92 Å². The summed E-state index contributed by atoms with van der Waals surface area (Å²) in [7, 11) is 0. The molecule has 0 N–H and O–H groups in total. The van der Waals surface area contributed by atoms with Gasteiger partial charge in [0.15, 0.2) is 0 Å². The fourth-order valence-corrected chi connectivity index (χ4v) is 6.64. The number of aromatic nitrogens is 1. The van der Waals surface area contributed by atoms with Crippen molar-refractivity contribution >= 4 is 23.6 Å².